The monoisotopic (exact) mass is 367 g/mol. The van der Waals surface area contributed by atoms with Gasteiger partial charge in [0.05, 0.1) is 32.8 Å². The Labute approximate surface area is 154 Å². The molecule has 7 heteroatoms. The van der Waals surface area contributed by atoms with Crippen LogP contribution in [0.3, 0.4) is 0 Å². The third-order valence-corrected chi connectivity index (χ3v) is 5.24. The zero-order valence-electron chi connectivity index (χ0n) is 15.9. The lowest BCUT2D eigenvalue weighted by Gasteiger charge is -2.42. The van der Waals surface area contributed by atoms with E-state index in [1.807, 2.05) is 24.0 Å². The van der Waals surface area contributed by atoms with Gasteiger partial charge in [-0.25, -0.2) is 0 Å². The number of aliphatic carboxylic acids is 1. The molecule has 1 fully saturated rings. The molecule has 0 bridgehead atoms. The summed E-state index contributed by atoms with van der Waals surface area (Å²) in [6, 6.07) is 3.72. The predicted molar refractivity (Wildman–Crippen MR) is 97.0 cm³/mol. The average molecular weight is 367 g/mol. The lowest BCUT2D eigenvalue weighted by Crippen LogP contribution is -2.54. The summed E-state index contributed by atoms with van der Waals surface area (Å²) in [4.78, 5) is 13.8. The summed E-state index contributed by atoms with van der Waals surface area (Å²) in [7, 11) is 4.69. The van der Waals surface area contributed by atoms with Crippen molar-refractivity contribution in [1.82, 2.24) is 4.90 Å². The van der Waals surface area contributed by atoms with Gasteiger partial charge in [-0.05, 0) is 25.5 Å². The quantitative estimate of drug-likeness (QED) is 0.728. The molecule has 1 aliphatic rings. The fraction of sp³-hybridized carbons (Fsp3) is 0.632. The van der Waals surface area contributed by atoms with Gasteiger partial charge in [-0.1, -0.05) is 19.4 Å². The van der Waals surface area contributed by atoms with Crippen molar-refractivity contribution < 1.29 is 29.2 Å². The van der Waals surface area contributed by atoms with Crippen LogP contribution in [0.25, 0.3) is 0 Å². The largest absolute Gasteiger partial charge is 0.493 e. The molecule has 0 spiro atoms. The van der Waals surface area contributed by atoms with Crippen molar-refractivity contribution in [2.45, 2.75) is 38.8 Å². The van der Waals surface area contributed by atoms with Crippen molar-refractivity contribution in [3.05, 3.63) is 17.7 Å². The Bertz CT molecular complexity index is 635. The maximum Gasteiger partial charge on any atom is 0.312 e. The molecule has 0 radical (unpaired) electrons. The molecule has 1 aliphatic heterocycles. The summed E-state index contributed by atoms with van der Waals surface area (Å²) in [5.41, 5.74) is -0.150. The number of rotatable bonds is 8. The molecule has 0 amide bonds. The number of hydrogen-bond donors (Lipinski definition) is 2. The highest BCUT2D eigenvalue weighted by atomic mass is 16.5. The zero-order chi connectivity index (χ0) is 19.3. The van der Waals surface area contributed by atoms with E-state index < -0.39 is 17.5 Å². The SMILES string of the molecule is CCC[C@]1(C(=O)O)CCN(Cc2ccc(OC)c(OC)c2OC)C[C@@H]1O. The minimum absolute atomic E-state index is 0.309. The van der Waals surface area contributed by atoms with Gasteiger partial charge in [0.2, 0.25) is 5.75 Å². The van der Waals surface area contributed by atoms with Crippen LogP contribution in [0.1, 0.15) is 31.7 Å². The van der Waals surface area contributed by atoms with E-state index in [0.717, 1.165) is 12.0 Å². The fourth-order valence-electron chi connectivity index (χ4n) is 3.80. The number of methoxy groups -OCH3 is 3. The summed E-state index contributed by atoms with van der Waals surface area (Å²) in [6.45, 7) is 3.38. The molecule has 2 N–H and O–H groups in total. The minimum atomic E-state index is -1.05. The second kappa shape index (κ2) is 8.60. The Balaban J connectivity index is 2.20. The highest BCUT2D eigenvalue weighted by Crippen LogP contribution is 2.41. The first-order valence-electron chi connectivity index (χ1n) is 8.85. The van der Waals surface area contributed by atoms with Crippen LogP contribution in [0.2, 0.25) is 0 Å². The Morgan fingerprint density at radius 1 is 1.23 bits per heavy atom. The van der Waals surface area contributed by atoms with Crippen LogP contribution in [0.4, 0.5) is 0 Å². The molecule has 7 nitrogen and oxygen atoms in total. The first kappa shape index (κ1) is 20.3. The summed E-state index contributed by atoms with van der Waals surface area (Å²) in [5.74, 6) is 0.788. The van der Waals surface area contributed by atoms with Gasteiger partial charge >= 0.3 is 5.97 Å². The number of nitrogens with zero attached hydrogens (tertiary/aromatic N) is 1. The molecule has 0 unspecified atom stereocenters. The molecule has 146 valence electrons. The molecule has 2 atom stereocenters. The Hall–Kier alpha value is -1.99. The topological polar surface area (TPSA) is 88.5 Å². The van der Waals surface area contributed by atoms with Crippen LogP contribution in [0.15, 0.2) is 12.1 Å². The van der Waals surface area contributed by atoms with Gasteiger partial charge in [0.1, 0.15) is 0 Å². The van der Waals surface area contributed by atoms with E-state index in [1.165, 1.54) is 0 Å². The Morgan fingerprint density at radius 2 is 1.92 bits per heavy atom. The van der Waals surface area contributed by atoms with Crippen LogP contribution in [-0.2, 0) is 11.3 Å². The van der Waals surface area contributed by atoms with E-state index in [1.54, 1.807) is 21.3 Å². The van der Waals surface area contributed by atoms with Gasteiger partial charge in [0.15, 0.2) is 11.5 Å². The summed E-state index contributed by atoms with van der Waals surface area (Å²) >= 11 is 0. The number of hydrogen-bond acceptors (Lipinski definition) is 6. The van der Waals surface area contributed by atoms with Crippen molar-refractivity contribution in [2.75, 3.05) is 34.4 Å². The Kier molecular flexibility index (Phi) is 6.72. The van der Waals surface area contributed by atoms with Crippen LogP contribution in [-0.4, -0.2) is 61.6 Å². The van der Waals surface area contributed by atoms with E-state index in [2.05, 4.69) is 0 Å². The summed E-state index contributed by atoms with van der Waals surface area (Å²) in [6.07, 6.45) is 0.733. The van der Waals surface area contributed by atoms with E-state index in [-0.39, 0.29) is 0 Å². The third kappa shape index (κ3) is 3.73. The molecule has 0 aliphatic carbocycles. The summed E-state index contributed by atoms with van der Waals surface area (Å²) in [5, 5.41) is 20.2. The fourth-order valence-corrected chi connectivity index (χ4v) is 3.80. The molecular weight excluding hydrogens is 338 g/mol. The van der Waals surface area contributed by atoms with E-state index >= 15 is 0 Å². The van der Waals surface area contributed by atoms with Crippen molar-refractivity contribution in [3.63, 3.8) is 0 Å². The minimum Gasteiger partial charge on any atom is -0.493 e. The zero-order valence-corrected chi connectivity index (χ0v) is 15.9. The number of carbonyl (C=O) groups is 1. The number of carboxylic acid groups (broad SMARTS) is 1. The molecule has 26 heavy (non-hydrogen) atoms. The predicted octanol–water partition coefficient (Wildman–Crippen LogP) is 2.15. The second-order valence-electron chi connectivity index (χ2n) is 6.71. The highest BCUT2D eigenvalue weighted by molar-refractivity contribution is 5.75. The number of ether oxygens (including phenoxy) is 3. The molecule has 1 aromatic rings. The van der Waals surface area contributed by atoms with Crippen molar-refractivity contribution in [2.24, 2.45) is 5.41 Å². The lowest BCUT2D eigenvalue weighted by atomic mass is 9.72. The van der Waals surface area contributed by atoms with Gasteiger partial charge in [0.25, 0.3) is 0 Å². The number of piperidine rings is 1. The number of likely N-dealkylation sites (tertiary alicyclic amines) is 1. The molecule has 1 saturated heterocycles. The number of aliphatic hydroxyl groups excluding tert-OH is 1. The maximum absolute atomic E-state index is 11.8. The standard InChI is InChI=1S/C19H29NO6/c1-5-8-19(18(22)23)9-10-20(12-15(19)21)11-13-6-7-14(24-2)17(26-4)16(13)25-3/h6-7,15,21H,5,8-12H2,1-4H3,(H,22,23)/t15-,19-/m0/s1. The summed E-state index contributed by atoms with van der Waals surface area (Å²) < 4.78 is 16.2. The van der Waals surface area contributed by atoms with Gasteiger partial charge in [-0.2, -0.15) is 0 Å². The van der Waals surface area contributed by atoms with Gasteiger partial charge in [-0.15, -0.1) is 0 Å². The van der Waals surface area contributed by atoms with Crippen LogP contribution < -0.4 is 14.2 Å². The number of β-amino-alcohol motifs (C(OH)–C–C–N with tert-alkyl or cyclic N) is 1. The maximum atomic E-state index is 11.8. The normalized spacial score (nSPS) is 23.5. The van der Waals surface area contributed by atoms with Crippen molar-refractivity contribution >= 4 is 5.97 Å². The molecule has 0 saturated carbocycles. The number of aliphatic hydroxyl groups is 1. The molecule has 1 heterocycles. The van der Waals surface area contributed by atoms with Crippen LogP contribution in [0, 0.1) is 5.41 Å². The van der Waals surface area contributed by atoms with E-state index in [9.17, 15) is 15.0 Å². The van der Waals surface area contributed by atoms with Gasteiger partial charge in [-0.3, -0.25) is 9.69 Å². The highest BCUT2D eigenvalue weighted by Gasteiger charge is 2.47. The van der Waals surface area contributed by atoms with Gasteiger partial charge in [0, 0.05) is 18.7 Å². The Morgan fingerprint density at radius 3 is 2.42 bits per heavy atom. The first-order chi connectivity index (χ1) is 12.4. The molecule has 2 rings (SSSR count). The van der Waals surface area contributed by atoms with Crippen LogP contribution in [0.5, 0.6) is 17.2 Å². The van der Waals surface area contributed by atoms with E-state index in [4.69, 9.17) is 14.2 Å². The van der Waals surface area contributed by atoms with Gasteiger partial charge < -0.3 is 24.4 Å². The van der Waals surface area contributed by atoms with Crippen LogP contribution >= 0.6 is 0 Å². The first-order valence-corrected chi connectivity index (χ1v) is 8.85. The van der Waals surface area contributed by atoms with E-state index in [0.29, 0.717) is 49.7 Å². The molecule has 1 aromatic carbocycles. The molecular formula is C19H29NO6. The van der Waals surface area contributed by atoms with Crippen molar-refractivity contribution in [1.29, 1.82) is 0 Å². The average Bonchev–Trinajstić information content (AvgIpc) is 2.63. The van der Waals surface area contributed by atoms with Crippen molar-refractivity contribution in [3.8, 4) is 17.2 Å². The lowest BCUT2D eigenvalue weighted by molar-refractivity contribution is -0.164. The smallest absolute Gasteiger partial charge is 0.312 e. The number of benzene rings is 1. The third-order valence-electron chi connectivity index (χ3n) is 5.24. The molecule has 0 aromatic heterocycles. The number of carboxylic acids is 1. The second-order valence-corrected chi connectivity index (χ2v) is 6.71.